The smallest absolute Gasteiger partial charge is 0.305 e. The van der Waals surface area contributed by atoms with Gasteiger partial charge in [-0.1, -0.05) is 48.9 Å². The van der Waals surface area contributed by atoms with Crippen LogP contribution in [0.3, 0.4) is 0 Å². The standard InChI is InChI=1S/C27H34N2O5/c1-4-13-28(23(17-27(32)33)22-8-5-19(2)6-9-22)18-21-7-10-24(20(3)16-21)34-15-14-29-25(30)11-12-26(29)31/h5-12,16,23,30-31H,4,13-15,17-18H2,1-3H3,(H,32,33). The van der Waals surface area contributed by atoms with Crippen LogP contribution in [0, 0.1) is 13.8 Å². The molecule has 0 fully saturated rings. The Balaban J connectivity index is 1.72. The number of aliphatic carboxylic acids is 1. The molecule has 1 unspecified atom stereocenters. The third kappa shape index (κ3) is 6.54. The number of ether oxygens (including phenoxy) is 1. The Labute approximate surface area is 200 Å². The predicted octanol–water partition coefficient (Wildman–Crippen LogP) is 5.02. The van der Waals surface area contributed by atoms with Crippen LogP contribution < -0.4 is 4.74 Å². The van der Waals surface area contributed by atoms with Crippen molar-refractivity contribution in [1.82, 2.24) is 9.47 Å². The van der Waals surface area contributed by atoms with Crippen molar-refractivity contribution in [3.05, 3.63) is 76.9 Å². The molecule has 1 aromatic heterocycles. The summed E-state index contributed by atoms with van der Waals surface area (Å²) < 4.78 is 7.25. The Morgan fingerprint density at radius 2 is 1.71 bits per heavy atom. The van der Waals surface area contributed by atoms with E-state index in [0.717, 1.165) is 41.0 Å². The normalized spacial score (nSPS) is 12.1. The molecule has 1 heterocycles. The summed E-state index contributed by atoms with van der Waals surface area (Å²) in [4.78, 5) is 13.9. The first-order chi connectivity index (χ1) is 16.3. The zero-order valence-electron chi connectivity index (χ0n) is 20.1. The van der Waals surface area contributed by atoms with Crippen LogP contribution in [0.5, 0.6) is 17.5 Å². The number of hydrogen-bond donors (Lipinski definition) is 3. The minimum atomic E-state index is -0.814. The van der Waals surface area contributed by atoms with Crippen molar-refractivity contribution in [3.8, 4) is 17.5 Å². The molecule has 2 aromatic carbocycles. The lowest BCUT2D eigenvalue weighted by Gasteiger charge is -2.31. The number of nitrogens with zero attached hydrogens (tertiary/aromatic N) is 2. The fourth-order valence-electron chi connectivity index (χ4n) is 4.17. The Kier molecular flexibility index (Phi) is 8.60. The molecule has 0 bridgehead atoms. The summed E-state index contributed by atoms with van der Waals surface area (Å²) in [6.07, 6.45) is 0.962. The van der Waals surface area contributed by atoms with Crippen molar-refractivity contribution in [2.45, 2.75) is 52.7 Å². The van der Waals surface area contributed by atoms with E-state index in [2.05, 4.69) is 17.9 Å². The fraction of sp³-hybridized carbons (Fsp3) is 0.370. The molecule has 3 N–H and O–H groups in total. The molecule has 3 rings (SSSR count). The number of rotatable bonds is 12. The lowest BCUT2D eigenvalue weighted by Crippen LogP contribution is -2.31. The highest BCUT2D eigenvalue weighted by molar-refractivity contribution is 5.68. The zero-order chi connectivity index (χ0) is 24.7. The molecule has 0 spiro atoms. The van der Waals surface area contributed by atoms with Crippen LogP contribution >= 0.6 is 0 Å². The minimum Gasteiger partial charge on any atom is -0.494 e. The molecule has 182 valence electrons. The van der Waals surface area contributed by atoms with E-state index in [4.69, 9.17) is 4.74 Å². The minimum absolute atomic E-state index is 0.00585. The van der Waals surface area contributed by atoms with Gasteiger partial charge in [-0.15, -0.1) is 0 Å². The molecule has 0 saturated heterocycles. The monoisotopic (exact) mass is 466 g/mol. The lowest BCUT2D eigenvalue weighted by molar-refractivity contribution is -0.138. The van der Waals surface area contributed by atoms with E-state index in [-0.39, 0.29) is 24.2 Å². The van der Waals surface area contributed by atoms with Gasteiger partial charge in [-0.05, 0) is 49.6 Å². The van der Waals surface area contributed by atoms with E-state index in [0.29, 0.717) is 19.7 Å². The molecular formula is C27H34N2O5. The number of carboxylic acids is 1. The lowest BCUT2D eigenvalue weighted by atomic mass is 9.99. The number of hydrogen-bond acceptors (Lipinski definition) is 5. The summed E-state index contributed by atoms with van der Waals surface area (Å²) in [6.45, 7) is 8.13. The largest absolute Gasteiger partial charge is 0.494 e. The van der Waals surface area contributed by atoms with Crippen LogP contribution in [0.15, 0.2) is 54.6 Å². The summed E-state index contributed by atoms with van der Waals surface area (Å²) in [5.41, 5.74) is 4.21. The molecule has 34 heavy (non-hydrogen) atoms. The van der Waals surface area contributed by atoms with E-state index < -0.39 is 5.97 Å². The first-order valence-electron chi connectivity index (χ1n) is 11.6. The van der Waals surface area contributed by atoms with Crippen molar-refractivity contribution in [3.63, 3.8) is 0 Å². The predicted molar refractivity (Wildman–Crippen MR) is 131 cm³/mol. The van der Waals surface area contributed by atoms with Gasteiger partial charge in [0, 0.05) is 24.7 Å². The number of benzene rings is 2. The Morgan fingerprint density at radius 3 is 2.29 bits per heavy atom. The quantitative estimate of drug-likeness (QED) is 0.347. The number of aryl methyl sites for hydroxylation is 2. The van der Waals surface area contributed by atoms with Crippen molar-refractivity contribution in [2.24, 2.45) is 0 Å². The van der Waals surface area contributed by atoms with E-state index in [1.807, 2.05) is 50.2 Å². The number of carboxylic acid groups (broad SMARTS) is 1. The van der Waals surface area contributed by atoms with Gasteiger partial charge in [-0.3, -0.25) is 14.3 Å². The zero-order valence-corrected chi connectivity index (χ0v) is 20.1. The molecule has 3 aromatic rings. The highest BCUT2D eigenvalue weighted by atomic mass is 16.5. The summed E-state index contributed by atoms with van der Waals surface area (Å²) in [5, 5.41) is 29.1. The molecule has 0 amide bonds. The van der Waals surface area contributed by atoms with Gasteiger partial charge in [0.1, 0.15) is 12.4 Å². The number of carbonyl (C=O) groups is 1. The summed E-state index contributed by atoms with van der Waals surface area (Å²) in [5.74, 6) is -0.0914. The van der Waals surface area contributed by atoms with Crippen LogP contribution in [-0.4, -0.2) is 43.9 Å². The van der Waals surface area contributed by atoms with E-state index in [1.165, 1.54) is 16.7 Å². The van der Waals surface area contributed by atoms with Crippen LogP contribution in [0.1, 0.15) is 48.1 Å². The van der Waals surface area contributed by atoms with Gasteiger partial charge in [0.15, 0.2) is 11.8 Å². The highest BCUT2D eigenvalue weighted by Crippen LogP contribution is 2.29. The molecule has 7 nitrogen and oxygen atoms in total. The van der Waals surface area contributed by atoms with Crippen molar-refractivity contribution in [2.75, 3.05) is 13.2 Å². The van der Waals surface area contributed by atoms with Crippen molar-refractivity contribution < 1.29 is 24.9 Å². The third-order valence-electron chi connectivity index (χ3n) is 5.91. The van der Waals surface area contributed by atoms with Gasteiger partial charge >= 0.3 is 5.97 Å². The number of aromatic nitrogens is 1. The van der Waals surface area contributed by atoms with E-state index in [1.54, 1.807) is 0 Å². The summed E-state index contributed by atoms with van der Waals surface area (Å²) >= 11 is 0. The second kappa shape index (κ2) is 11.6. The van der Waals surface area contributed by atoms with Crippen LogP contribution in [0.25, 0.3) is 0 Å². The Hall–Kier alpha value is -3.45. The van der Waals surface area contributed by atoms with Crippen LogP contribution in [0.2, 0.25) is 0 Å². The van der Waals surface area contributed by atoms with Gasteiger partial charge in [-0.25, -0.2) is 0 Å². The van der Waals surface area contributed by atoms with Crippen LogP contribution in [0.4, 0.5) is 0 Å². The molecular weight excluding hydrogens is 432 g/mol. The summed E-state index contributed by atoms with van der Waals surface area (Å²) in [6, 6.07) is 16.7. The molecule has 7 heteroatoms. The molecule has 0 saturated carbocycles. The third-order valence-corrected chi connectivity index (χ3v) is 5.91. The molecule has 0 aliphatic carbocycles. The maximum atomic E-state index is 11.7. The van der Waals surface area contributed by atoms with Gasteiger partial charge in [-0.2, -0.15) is 0 Å². The molecule has 0 radical (unpaired) electrons. The second-order valence-electron chi connectivity index (χ2n) is 8.64. The number of aromatic hydroxyl groups is 2. The topological polar surface area (TPSA) is 95.2 Å². The molecule has 0 aliphatic heterocycles. The second-order valence-corrected chi connectivity index (χ2v) is 8.64. The Bertz CT molecular complexity index is 1070. The average molecular weight is 467 g/mol. The van der Waals surface area contributed by atoms with Crippen molar-refractivity contribution >= 4 is 5.97 Å². The van der Waals surface area contributed by atoms with Gasteiger partial charge in [0.05, 0.1) is 13.0 Å². The molecule has 1 atom stereocenters. The summed E-state index contributed by atoms with van der Waals surface area (Å²) in [7, 11) is 0. The van der Waals surface area contributed by atoms with Gasteiger partial charge in [0.2, 0.25) is 0 Å². The van der Waals surface area contributed by atoms with E-state index in [9.17, 15) is 20.1 Å². The fourth-order valence-corrected chi connectivity index (χ4v) is 4.17. The average Bonchev–Trinajstić information content (AvgIpc) is 3.11. The van der Waals surface area contributed by atoms with E-state index >= 15 is 0 Å². The maximum absolute atomic E-state index is 11.7. The highest BCUT2D eigenvalue weighted by Gasteiger charge is 2.23. The Morgan fingerprint density at radius 1 is 1.03 bits per heavy atom. The molecule has 0 aliphatic rings. The van der Waals surface area contributed by atoms with Gasteiger partial charge in [0.25, 0.3) is 0 Å². The van der Waals surface area contributed by atoms with Crippen LogP contribution in [-0.2, 0) is 17.9 Å². The van der Waals surface area contributed by atoms with Crippen molar-refractivity contribution in [1.29, 1.82) is 0 Å². The van der Waals surface area contributed by atoms with Gasteiger partial charge < -0.3 is 20.1 Å². The maximum Gasteiger partial charge on any atom is 0.305 e. The SMILES string of the molecule is CCCN(Cc1ccc(OCCn2c(O)ccc2O)c(C)c1)C(CC(=O)O)c1ccc(C)cc1. The first kappa shape index (κ1) is 25.2. The first-order valence-corrected chi connectivity index (χ1v) is 11.6.